The predicted octanol–water partition coefficient (Wildman–Crippen LogP) is 3.06. The van der Waals surface area contributed by atoms with Crippen molar-refractivity contribution in [3.63, 3.8) is 0 Å². The quantitative estimate of drug-likeness (QED) is 0.909. The van der Waals surface area contributed by atoms with Gasteiger partial charge in [-0.05, 0) is 38.6 Å². The summed E-state index contributed by atoms with van der Waals surface area (Å²) in [6.45, 7) is 3.61. The zero-order chi connectivity index (χ0) is 14.0. The molecule has 0 saturated carbocycles. The van der Waals surface area contributed by atoms with Crippen LogP contribution in [0.2, 0.25) is 0 Å². The molecule has 0 radical (unpaired) electrons. The maximum atomic E-state index is 13.0. The van der Waals surface area contributed by atoms with Crippen molar-refractivity contribution >= 4 is 0 Å². The third kappa shape index (κ3) is 3.09. The van der Waals surface area contributed by atoms with Crippen LogP contribution in [-0.2, 0) is 6.18 Å². The Morgan fingerprint density at radius 3 is 2.58 bits per heavy atom. The average molecular weight is 272 g/mol. The molecule has 2 atom stereocenters. The Hall–Kier alpha value is -1.07. The predicted molar refractivity (Wildman–Crippen MR) is 68.9 cm³/mol. The highest BCUT2D eigenvalue weighted by molar-refractivity contribution is 5.32. The number of likely N-dealkylation sites (N-methyl/N-ethyl adjacent to an activating group) is 1. The van der Waals surface area contributed by atoms with E-state index in [1.165, 1.54) is 6.07 Å². The molecule has 0 aliphatic carbocycles. The molecular formula is C14H19F3N2. The minimum atomic E-state index is -4.29. The second-order valence-electron chi connectivity index (χ2n) is 5.07. The maximum Gasteiger partial charge on any atom is 0.416 e. The van der Waals surface area contributed by atoms with Crippen molar-refractivity contribution in [1.82, 2.24) is 10.2 Å². The van der Waals surface area contributed by atoms with Crippen LogP contribution in [0.1, 0.15) is 30.5 Å². The maximum absolute atomic E-state index is 13.0. The molecule has 2 rings (SSSR count). The summed E-state index contributed by atoms with van der Waals surface area (Å²) in [6, 6.07) is 5.90. The van der Waals surface area contributed by atoms with Crippen LogP contribution in [0.5, 0.6) is 0 Å². The van der Waals surface area contributed by atoms with E-state index < -0.39 is 11.7 Å². The van der Waals surface area contributed by atoms with E-state index >= 15 is 0 Å². The largest absolute Gasteiger partial charge is 0.416 e. The number of hydrogen-bond acceptors (Lipinski definition) is 2. The molecule has 1 saturated heterocycles. The normalized spacial score (nSPS) is 21.9. The third-order valence-electron chi connectivity index (χ3n) is 3.94. The first-order valence-corrected chi connectivity index (χ1v) is 6.50. The summed E-state index contributed by atoms with van der Waals surface area (Å²) in [4.78, 5) is 2.03. The van der Waals surface area contributed by atoms with Gasteiger partial charge in [0.1, 0.15) is 0 Å². The molecule has 0 amide bonds. The SMILES string of the molecule is CC(c1ccccc1C(F)(F)F)N(C)C1CCNC1. The van der Waals surface area contributed by atoms with Gasteiger partial charge in [-0.3, -0.25) is 4.90 Å². The van der Waals surface area contributed by atoms with Crippen LogP contribution in [0.15, 0.2) is 24.3 Å². The standard InChI is InChI=1S/C14H19F3N2/c1-10(19(2)11-7-8-18-9-11)12-5-3-4-6-13(12)14(15,16)17/h3-6,10-11,18H,7-9H2,1-2H3. The van der Waals surface area contributed by atoms with E-state index in [4.69, 9.17) is 0 Å². The highest BCUT2D eigenvalue weighted by Gasteiger charge is 2.35. The van der Waals surface area contributed by atoms with Crippen LogP contribution in [-0.4, -0.2) is 31.1 Å². The summed E-state index contributed by atoms with van der Waals surface area (Å²) in [7, 11) is 1.90. The lowest BCUT2D eigenvalue weighted by Crippen LogP contribution is -2.36. The molecule has 2 unspecified atom stereocenters. The Balaban J connectivity index is 2.25. The van der Waals surface area contributed by atoms with E-state index in [0.29, 0.717) is 11.6 Å². The van der Waals surface area contributed by atoms with E-state index in [9.17, 15) is 13.2 Å². The molecule has 106 valence electrons. The van der Waals surface area contributed by atoms with Gasteiger partial charge in [0.2, 0.25) is 0 Å². The van der Waals surface area contributed by atoms with Gasteiger partial charge in [-0.1, -0.05) is 18.2 Å². The Morgan fingerprint density at radius 1 is 1.32 bits per heavy atom. The van der Waals surface area contributed by atoms with E-state index in [0.717, 1.165) is 25.6 Å². The molecule has 1 N–H and O–H groups in total. The summed E-state index contributed by atoms with van der Waals surface area (Å²) < 4.78 is 39.1. The van der Waals surface area contributed by atoms with Crippen LogP contribution >= 0.6 is 0 Å². The fraction of sp³-hybridized carbons (Fsp3) is 0.571. The number of rotatable bonds is 3. The van der Waals surface area contributed by atoms with E-state index in [1.54, 1.807) is 12.1 Å². The molecule has 2 nitrogen and oxygen atoms in total. The smallest absolute Gasteiger partial charge is 0.315 e. The fourth-order valence-corrected chi connectivity index (χ4v) is 2.64. The van der Waals surface area contributed by atoms with Crippen molar-refractivity contribution in [2.75, 3.05) is 20.1 Å². The van der Waals surface area contributed by atoms with Gasteiger partial charge < -0.3 is 5.32 Å². The van der Waals surface area contributed by atoms with Gasteiger partial charge in [0.15, 0.2) is 0 Å². The molecule has 1 aromatic rings. The van der Waals surface area contributed by atoms with Crippen LogP contribution in [0.4, 0.5) is 13.2 Å². The van der Waals surface area contributed by atoms with E-state index in [2.05, 4.69) is 5.32 Å². The molecule has 1 aliphatic rings. The number of benzene rings is 1. The van der Waals surface area contributed by atoms with Gasteiger partial charge in [-0.2, -0.15) is 13.2 Å². The first-order chi connectivity index (χ1) is 8.91. The summed E-state index contributed by atoms with van der Waals surface area (Å²) in [5.41, 5.74) is -0.176. The molecule has 0 bridgehead atoms. The average Bonchev–Trinajstić information content (AvgIpc) is 2.90. The van der Waals surface area contributed by atoms with Crippen molar-refractivity contribution in [3.05, 3.63) is 35.4 Å². The molecule has 1 heterocycles. The van der Waals surface area contributed by atoms with Crippen molar-refractivity contribution < 1.29 is 13.2 Å². The molecule has 5 heteroatoms. The van der Waals surface area contributed by atoms with E-state index in [-0.39, 0.29) is 6.04 Å². The lowest BCUT2D eigenvalue weighted by Gasteiger charge is -2.31. The summed E-state index contributed by atoms with van der Waals surface area (Å²) >= 11 is 0. The van der Waals surface area contributed by atoms with Gasteiger partial charge in [-0.15, -0.1) is 0 Å². The number of halogens is 3. The van der Waals surface area contributed by atoms with Gasteiger partial charge in [0, 0.05) is 18.6 Å². The zero-order valence-electron chi connectivity index (χ0n) is 11.2. The Labute approximate surface area is 111 Å². The van der Waals surface area contributed by atoms with Crippen LogP contribution in [0.25, 0.3) is 0 Å². The number of nitrogens with one attached hydrogen (secondary N) is 1. The van der Waals surface area contributed by atoms with Crippen molar-refractivity contribution in [2.45, 2.75) is 31.6 Å². The van der Waals surface area contributed by atoms with Crippen LogP contribution in [0, 0.1) is 0 Å². The number of nitrogens with zero attached hydrogens (tertiary/aromatic N) is 1. The molecule has 1 aromatic carbocycles. The lowest BCUT2D eigenvalue weighted by molar-refractivity contribution is -0.138. The second-order valence-corrected chi connectivity index (χ2v) is 5.07. The van der Waals surface area contributed by atoms with Gasteiger partial charge in [0.05, 0.1) is 5.56 Å². The Bertz CT molecular complexity index is 425. The molecule has 19 heavy (non-hydrogen) atoms. The van der Waals surface area contributed by atoms with Gasteiger partial charge in [-0.25, -0.2) is 0 Å². The minimum absolute atomic E-state index is 0.247. The molecule has 0 spiro atoms. The van der Waals surface area contributed by atoms with Crippen LogP contribution < -0.4 is 5.32 Å². The Morgan fingerprint density at radius 2 is 2.00 bits per heavy atom. The summed E-state index contributed by atoms with van der Waals surface area (Å²) in [6.07, 6.45) is -3.31. The van der Waals surface area contributed by atoms with Crippen molar-refractivity contribution in [1.29, 1.82) is 0 Å². The lowest BCUT2D eigenvalue weighted by atomic mass is 9.99. The van der Waals surface area contributed by atoms with Crippen molar-refractivity contribution in [2.24, 2.45) is 0 Å². The number of hydrogen-bond donors (Lipinski definition) is 1. The monoisotopic (exact) mass is 272 g/mol. The van der Waals surface area contributed by atoms with Gasteiger partial charge >= 0.3 is 6.18 Å². The zero-order valence-corrected chi connectivity index (χ0v) is 11.2. The van der Waals surface area contributed by atoms with E-state index in [1.807, 2.05) is 18.9 Å². The highest BCUT2D eigenvalue weighted by atomic mass is 19.4. The first-order valence-electron chi connectivity index (χ1n) is 6.50. The molecule has 0 aromatic heterocycles. The summed E-state index contributed by atoms with van der Waals surface area (Å²) in [5.74, 6) is 0. The molecule has 1 fully saturated rings. The fourth-order valence-electron chi connectivity index (χ4n) is 2.64. The Kier molecular flexibility index (Phi) is 4.16. The minimum Gasteiger partial charge on any atom is -0.315 e. The third-order valence-corrected chi connectivity index (χ3v) is 3.94. The summed E-state index contributed by atoms with van der Waals surface area (Å²) in [5, 5.41) is 3.24. The molecular weight excluding hydrogens is 253 g/mol. The first kappa shape index (κ1) is 14.3. The highest BCUT2D eigenvalue weighted by Crippen LogP contribution is 2.36. The number of alkyl halides is 3. The second kappa shape index (κ2) is 5.51. The van der Waals surface area contributed by atoms with Crippen LogP contribution in [0.3, 0.4) is 0 Å². The van der Waals surface area contributed by atoms with Gasteiger partial charge in [0.25, 0.3) is 0 Å². The molecule has 1 aliphatic heterocycles. The topological polar surface area (TPSA) is 15.3 Å². The van der Waals surface area contributed by atoms with Crippen molar-refractivity contribution in [3.8, 4) is 0 Å².